The Balaban J connectivity index is 1.71. The standard InChI is InChI=1S/C24H29N3O/c1-16(2)12-13-26-21-11-6-5-10-20(21)25-24(26)19-14-22(28)27(15-19)23-17(3)8-7-9-18(23)4/h5-11,16,19H,12-15H2,1-4H3. The first-order chi connectivity index (χ1) is 13.5. The minimum absolute atomic E-state index is 0.131. The van der Waals surface area contributed by atoms with Gasteiger partial charge in [-0.25, -0.2) is 4.98 Å². The minimum atomic E-state index is 0.131. The fourth-order valence-electron chi connectivity index (χ4n) is 4.36. The summed E-state index contributed by atoms with van der Waals surface area (Å²) in [4.78, 5) is 19.9. The summed E-state index contributed by atoms with van der Waals surface area (Å²) < 4.78 is 2.35. The van der Waals surface area contributed by atoms with Gasteiger partial charge in [0.2, 0.25) is 5.91 Å². The van der Waals surface area contributed by atoms with Crippen LogP contribution in [-0.2, 0) is 11.3 Å². The number of carbonyl (C=O) groups is 1. The highest BCUT2D eigenvalue weighted by Gasteiger charge is 2.35. The topological polar surface area (TPSA) is 38.1 Å². The second-order valence-electron chi connectivity index (χ2n) is 8.44. The zero-order valence-corrected chi connectivity index (χ0v) is 17.3. The molecule has 0 radical (unpaired) electrons. The lowest BCUT2D eigenvalue weighted by molar-refractivity contribution is -0.117. The first-order valence-corrected chi connectivity index (χ1v) is 10.3. The Morgan fingerprint density at radius 2 is 1.79 bits per heavy atom. The molecule has 0 spiro atoms. The van der Waals surface area contributed by atoms with Crippen LogP contribution in [0.1, 0.15) is 49.6 Å². The summed E-state index contributed by atoms with van der Waals surface area (Å²) in [6.45, 7) is 10.3. The minimum Gasteiger partial charge on any atom is -0.328 e. The summed E-state index contributed by atoms with van der Waals surface area (Å²) in [5, 5.41) is 0. The predicted molar refractivity (Wildman–Crippen MR) is 115 cm³/mol. The van der Waals surface area contributed by atoms with Crippen molar-refractivity contribution in [1.29, 1.82) is 0 Å². The van der Waals surface area contributed by atoms with Crippen LogP contribution >= 0.6 is 0 Å². The average molecular weight is 376 g/mol. The summed E-state index contributed by atoms with van der Waals surface area (Å²) >= 11 is 0. The number of anilines is 1. The fourth-order valence-corrected chi connectivity index (χ4v) is 4.36. The van der Waals surface area contributed by atoms with Gasteiger partial charge in [-0.1, -0.05) is 44.2 Å². The molecule has 1 aliphatic rings. The molecule has 1 aromatic heterocycles. The van der Waals surface area contributed by atoms with Gasteiger partial charge in [-0.2, -0.15) is 0 Å². The van der Waals surface area contributed by atoms with Crippen LogP contribution in [-0.4, -0.2) is 22.0 Å². The second kappa shape index (κ2) is 7.42. The molecule has 2 heterocycles. The molecule has 28 heavy (non-hydrogen) atoms. The number of para-hydroxylation sites is 3. The summed E-state index contributed by atoms with van der Waals surface area (Å²) in [5.74, 6) is 2.02. The van der Waals surface area contributed by atoms with Gasteiger partial charge in [0, 0.05) is 31.1 Å². The number of nitrogens with zero attached hydrogens (tertiary/aromatic N) is 3. The highest BCUT2D eigenvalue weighted by Crippen LogP contribution is 2.36. The first kappa shape index (κ1) is 18.7. The summed E-state index contributed by atoms with van der Waals surface area (Å²) in [6, 6.07) is 14.5. The molecule has 1 fully saturated rings. The molecule has 0 bridgehead atoms. The van der Waals surface area contributed by atoms with E-state index in [2.05, 4.69) is 68.7 Å². The molecule has 1 aliphatic heterocycles. The number of rotatable bonds is 5. The number of carbonyl (C=O) groups excluding carboxylic acids is 1. The van der Waals surface area contributed by atoms with Crippen LogP contribution in [0.4, 0.5) is 5.69 Å². The fraction of sp³-hybridized carbons (Fsp3) is 0.417. The Hall–Kier alpha value is -2.62. The molecule has 4 heteroatoms. The molecule has 3 aromatic rings. The van der Waals surface area contributed by atoms with Gasteiger partial charge in [0.15, 0.2) is 0 Å². The van der Waals surface area contributed by atoms with Crippen molar-refractivity contribution >= 4 is 22.6 Å². The quantitative estimate of drug-likeness (QED) is 0.613. The molecule has 1 atom stereocenters. The Kier molecular flexibility index (Phi) is 4.96. The van der Waals surface area contributed by atoms with Gasteiger partial charge in [-0.15, -0.1) is 0 Å². The molecule has 0 aliphatic carbocycles. The van der Waals surface area contributed by atoms with Gasteiger partial charge < -0.3 is 9.47 Å². The Bertz CT molecular complexity index is 998. The third-order valence-corrected chi connectivity index (χ3v) is 5.81. The lowest BCUT2D eigenvalue weighted by Gasteiger charge is -2.21. The van der Waals surface area contributed by atoms with Gasteiger partial charge >= 0.3 is 0 Å². The van der Waals surface area contributed by atoms with E-state index in [-0.39, 0.29) is 11.8 Å². The van der Waals surface area contributed by atoms with Crippen LogP contribution in [0.3, 0.4) is 0 Å². The zero-order valence-electron chi connectivity index (χ0n) is 17.3. The van der Waals surface area contributed by atoms with Crippen molar-refractivity contribution < 1.29 is 4.79 Å². The van der Waals surface area contributed by atoms with E-state index in [1.807, 2.05) is 11.0 Å². The number of aromatic nitrogens is 2. The largest absolute Gasteiger partial charge is 0.328 e. The van der Waals surface area contributed by atoms with Gasteiger partial charge in [0.1, 0.15) is 5.82 Å². The molecule has 0 N–H and O–H groups in total. The monoisotopic (exact) mass is 375 g/mol. The Labute approximate surface area is 167 Å². The Morgan fingerprint density at radius 3 is 2.50 bits per heavy atom. The van der Waals surface area contributed by atoms with Crippen LogP contribution in [0.5, 0.6) is 0 Å². The van der Waals surface area contributed by atoms with E-state index >= 15 is 0 Å². The van der Waals surface area contributed by atoms with Gasteiger partial charge in [-0.3, -0.25) is 4.79 Å². The van der Waals surface area contributed by atoms with Crippen molar-refractivity contribution in [3.05, 3.63) is 59.4 Å². The summed E-state index contributed by atoms with van der Waals surface area (Å²) in [5.41, 5.74) is 5.58. The van der Waals surface area contributed by atoms with Crippen molar-refractivity contribution in [3.8, 4) is 0 Å². The number of benzene rings is 2. The number of aryl methyl sites for hydroxylation is 3. The van der Waals surface area contributed by atoms with E-state index in [1.165, 1.54) is 5.52 Å². The van der Waals surface area contributed by atoms with Crippen LogP contribution in [0.15, 0.2) is 42.5 Å². The smallest absolute Gasteiger partial charge is 0.227 e. The maximum atomic E-state index is 12.9. The van der Waals surface area contributed by atoms with Crippen LogP contribution in [0.25, 0.3) is 11.0 Å². The number of hydrogen-bond acceptors (Lipinski definition) is 2. The SMILES string of the molecule is Cc1cccc(C)c1N1CC(c2nc3ccccc3n2CCC(C)C)CC1=O. The number of imidazole rings is 1. The van der Waals surface area contributed by atoms with Gasteiger partial charge in [0.05, 0.1) is 11.0 Å². The maximum Gasteiger partial charge on any atom is 0.227 e. The van der Waals surface area contributed by atoms with Crippen LogP contribution in [0, 0.1) is 19.8 Å². The lowest BCUT2D eigenvalue weighted by Crippen LogP contribution is -2.26. The van der Waals surface area contributed by atoms with E-state index in [1.54, 1.807) is 0 Å². The molecule has 1 unspecified atom stereocenters. The molecule has 4 nitrogen and oxygen atoms in total. The highest BCUT2D eigenvalue weighted by molar-refractivity contribution is 5.98. The van der Waals surface area contributed by atoms with E-state index in [4.69, 9.17) is 4.98 Å². The lowest BCUT2D eigenvalue weighted by atomic mass is 10.1. The predicted octanol–water partition coefficient (Wildman–Crippen LogP) is 5.22. The van der Waals surface area contributed by atoms with Crippen molar-refractivity contribution in [1.82, 2.24) is 9.55 Å². The van der Waals surface area contributed by atoms with E-state index in [0.717, 1.165) is 41.1 Å². The molecule has 1 saturated heterocycles. The highest BCUT2D eigenvalue weighted by atomic mass is 16.2. The van der Waals surface area contributed by atoms with Crippen molar-refractivity contribution in [3.63, 3.8) is 0 Å². The first-order valence-electron chi connectivity index (χ1n) is 10.3. The van der Waals surface area contributed by atoms with Gasteiger partial charge in [0.25, 0.3) is 0 Å². The summed E-state index contributed by atoms with van der Waals surface area (Å²) in [7, 11) is 0. The Morgan fingerprint density at radius 1 is 1.07 bits per heavy atom. The van der Waals surface area contributed by atoms with Crippen molar-refractivity contribution in [2.24, 2.45) is 5.92 Å². The third-order valence-electron chi connectivity index (χ3n) is 5.81. The zero-order chi connectivity index (χ0) is 19.8. The molecule has 2 aromatic carbocycles. The number of hydrogen-bond donors (Lipinski definition) is 0. The molecular formula is C24H29N3O. The van der Waals surface area contributed by atoms with Crippen LogP contribution in [0.2, 0.25) is 0 Å². The van der Waals surface area contributed by atoms with Crippen molar-refractivity contribution in [2.45, 2.75) is 53.0 Å². The maximum absolute atomic E-state index is 12.9. The number of fused-ring (bicyclic) bond motifs is 1. The summed E-state index contributed by atoms with van der Waals surface area (Å²) in [6.07, 6.45) is 1.63. The molecule has 146 valence electrons. The second-order valence-corrected chi connectivity index (χ2v) is 8.44. The number of amides is 1. The molecule has 0 saturated carbocycles. The molecular weight excluding hydrogens is 346 g/mol. The van der Waals surface area contributed by atoms with Gasteiger partial charge in [-0.05, 0) is 49.4 Å². The molecule has 1 amide bonds. The van der Waals surface area contributed by atoms with E-state index in [9.17, 15) is 4.79 Å². The van der Waals surface area contributed by atoms with Crippen molar-refractivity contribution in [2.75, 3.05) is 11.4 Å². The third kappa shape index (κ3) is 3.32. The normalized spacial score (nSPS) is 17.2. The van der Waals surface area contributed by atoms with E-state index in [0.29, 0.717) is 18.9 Å². The average Bonchev–Trinajstić information content (AvgIpc) is 3.20. The van der Waals surface area contributed by atoms with E-state index < -0.39 is 0 Å². The molecule has 4 rings (SSSR count). The van der Waals surface area contributed by atoms with Crippen LogP contribution < -0.4 is 4.90 Å².